The van der Waals surface area contributed by atoms with Crippen molar-refractivity contribution in [2.24, 2.45) is 0 Å². The van der Waals surface area contributed by atoms with Crippen LogP contribution in [-0.2, 0) is 9.53 Å². The molecule has 0 spiro atoms. The molecule has 2 N–H and O–H groups in total. The number of anilines is 1. The lowest BCUT2D eigenvalue weighted by molar-refractivity contribution is -0.134. The number of methoxy groups -OCH3 is 1. The molecule has 0 saturated heterocycles. The fourth-order valence-corrected chi connectivity index (χ4v) is 1.36. The molecule has 0 bridgehead atoms. The summed E-state index contributed by atoms with van der Waals surface area (Å²) in [5, 5.41) is 2.26. The van der Waals surface area contributed by atoms with Crippen LogP contribution in [-0.4, -0.2) is 18.1 Å². The molecule has 0 fully saturated rings. The number of ether oxygens (including phenoxy) is 1. The molecule has 0 aromatic carbocycles. The fourth-order valence-electron chi connectivity index (χ4n) is 0.724. The summed E-state index contributed by atoms with van der Waals surface area (Å²) in [6, 6.07) is 3.50. The molecule has 0 atom stereocenters. The molecule has 0 radical (unpaired) electrons. The number of carbonyl (C=O) groups excluding carboxylic acids is 1. The van der Waals surface area contributed by atoms with E-state index in [4.69, 9.17) is 5.73 Å². The summed E-state index contributed by atoms with van der Waals surface area (Å²) in [7, 11) is 1.33. The molecular weight excluding hydrogens is 200 g/mol. The Morgan fingerprint density at radius 1 is 1.71 bits per heavy atom. The van der Waals surface area contributed by atoms with Crippen LogP contribution in [0.3, 0.4) is 0 Å². The molecular formula is C9H10N2O2S. The van der Waals surface area contributed by atoms with E-state index in [1.54, 1.807) is 23.7 Å². The number of thioether (sulfide) groups is 1. The Morgan fingerprint density at radius 2 is 2.50 bits per heavy atom. The smallest absolute Gasteiger partial charge is 0.330 e. The zero-order valence-electron chi connectivity index (χ0n) is 7.64. The van der Waals surface area contributed by atoms with Crippen LogP contribution in [0, 0.1) is 0 Å². The minimum absolute atomic E-state index is 0.396. The third kappa shape index (κ3) is 3.10. The van der Waals surface area contributed by atoms with Crippen LogP contribution in [0.1, 0.15) is 0 Å². The summed E-state index contributed by atoms with van der Waals surface area (Å²) < 4.78 is 4.43. The first-order chi connectivity index (χ1) is 6.74. The Hall–Kier alpha value is -1.49. The van der Waals surface area contributed by atoms with E-state index in [0.717, 1.165) is 0 Å². The first kappa shape index (κ1) is 10.6. The van der Waals surface area contributed by atoms with Crippen LogP contribution >= 0.6 is 11.8 Å². The third-order valence-electron chi connectivity index (χ3n) is 1.39. The summed E-state index contributed by atoms with van der Waals surface area (Å²) in [6.45, 7) is 0. The maximum absolute atomic E-state index is 10.7. The highest BCUT2D eigenvalue weighted by Gasteiger charge is 1.97. The number of hydrogen-bond acceptors (Lipinski definition) is 5. The number of rotatable bonds is 3. The SMILES string of the molecule is COC(=O)C=CSc1ncccc1N. The van der Waals surface area contributed by atoms with Crippen molar-refractivity contribution in [2.45, 2.75) is 5.03 Å². The monoisotopic (exact) mass is 210 g/mol. The molecule has 0 aliphatic heterocycles. The number of hydrogen-bond donors (Lipinski definition) is 1. The first-order valence-corrected chi connectivity index (χ1v) is 4.73. The minimum atomic E-state index is -0.396. The Labute approximate surface area is 86.2 Å². The molecule has 1 rings (SSSR count). The van der Waals surface area contributed by atoms with Gasteiger partial charge in [-0.2, -0.15) is 0 Å². The standard InChI is InChI=1S/C9H10N2O2S/c1-13-8(12)4-6-14-9-7(10)3-2-5-11-9/h2-6H,10H2,1H3. The summed E-state index contributed by atoms with van der Waals surface area (Å²) in [5.74, 6) is -0.396. The second-order valence-electron chi connectivity index (χ2n) is 2.34. The average Bonchev–Trinajstić information content (AvgIpc) is 2.20. The maximum Gasteiger partial charge on any atom is 0.330 e. The average molecular weight is 210 g/mol. The van der Waals surface area contributed by atoms with Gasteiger partial charge in [-0.3, -0.25) is 0 Å². The van der Waals surface area contributed by atoms with Crippen molar-refractivity contribution in [3.63, 3.8) is 0 Å². The molecule has 1 aromatic heterocycles. The Bertz CT molecular complexity index is 352. The van der Waals surface area contributed by atoms with Crippen molar-refractivity contribution >= 4 is 23.4 Å². The van der Waals surface area contributed by atoms with Gasteiger partial charge in [-0.1, -0.05) is 11.8 Å². The molecule has 0 unspecified atom stereocenters. The quantitative estimate of drug-likeness (QED) is 0.464. The summed E-state index contributed by atoms with van der Waals surface area (Å²) in [6.07, 6.45) is 2.96. The minimum Gasteiger partial charge on any atom is -0.466 e. The lowest BCUT2D eigenvalue weighted by atomic mass is 10.4. The molecule has 0 aliphatic rings. The van der Waals surface area contributed by atoms with E-state index < -0.39 is 5.97 Å². The van der Waals surface area contributed by atoms with Gasteiger partial charge >= 0.3 is 5.97 Å². The van der Waals surface area contributed by atoms with Gasteiger partial charge < -0.3 is 10.5 Å². The molecule has 1 heterocycles. The van der Waals surface area contributed by atoms with Gasteiger partial charge in [0.1, 0.15) is 5.03 Å². The first-order valence-electron chi connectivity index (χ1n) is 3.85. The van der Waals surface area contributed by atoms with E-state index in [0.29, 0.717) is 10.7 Å². The van der Waals surface area contributed by atoms with E-state index in [9.17, 15) is 4.79 Å². The number of aromatic nitrogens is 1. The van der Waals surface area contributed by atoms with Crippen molar-refractivity contribution < 1.29 is 9.53 Å². The van der Waals surface area contributed by atoms with Gasteiger partial charge in [0.05, 0.1) is 12.8 Å². The molecule has 0 aliphatic carbocycles. The van der Waals surface area contributed by atoms with Gasteiger partial charge in [0, 0.05) is 12.3 Å². The van der Waals surface area contributed by atoms with Crippen LogP contribution in [0.25, 0.3) is 0 Å². The summed E-state index contributed by atoms with van der Waals surface area (Å²) >= 11 is 1.27. The molecule has 14 heavy (non-hydrogen) atoms. The van der Waals surface area contributed by atoms with Gasteiger partial charge in [0.25, 0.3) is 0 Å². The van der Waals surface area contributed by atoms with Gasteiger partial charge in [-0.15, -0.1) is 0 Å². The number of nitrogen functional groups attached to an aromatic ring is 1. The number of carbonyl (C=O) groups is 1. The second kappa shape index (κ2) is 5.29. The van der Waals surface area contributed by atoms with Crippen LogP contribution in [0.4, 0.5) is 5.69 Å². The highest BCUT2D eigenvalue weighted by Crippen LogP contribution is 2.22. The van der Waals surface area contributed by atoms with Gasteiger partial charge in [-0.25, -0.2) is 9.78 Å². The zero-order chi connectivity index (χ0) is 10.4. The summed E-state index contributed by atoms with van der Waals surface area (Å²) in [4.78, 5) is 14.7. The predicted octanol–water partition coefficient (Wildman–Crippen LogP) is 1.44. The fraction of sp³-hybridized carbons (Fsp3) is 0.111. The van der Waals surface area contributed by atoms with Crippen LogP contribution in [0.15, 0.2) is 34.8 Å². The molecule has 0 amide bonds. The highest BCUT2D eigenvalue weighted by atomic mass is 32.2. The van der Waals surface area contributed by atoms with E-state index in [2.05, 4.69) is 9.72 Å². The van der Waals surface area contributed by atoms with Crippen LogP contribution < -0.4 is 5.73 Å². The predicted molar refractivity (Wildman–Crippen MR) is 55.7 cm³/mol. The molecule has 74 valence electrons. The van der Waals surface area contributed by atoms with Gasteiger partial charge in [0.2, 0.25) is 0 Å². The van der Waals surface area contributed by atoms with Gasteiger partial charge in [0.15, 0.2) is 0 Å². The summed E-state index contributed by atoms with van der Waals surface area (Å²) in [5.41, 5.74) is 6.23. The maximum atomic E-state index is 10.7. The van der Waals surface area contributed by atoms with E-state index >= 15 is 0 Å². The number of esters is 1. The number of nitrogens with two attached hydrogens (primary N) is 1. The topological polar surface area (TPSA) is 65.2 Å². The lowest BCUT2D eigenvalue weighted by Crippen LogP contribution is -1.93. The van der Waals surface area contributed by atoms with E-state index in [-0.39, 0.29) is 0 Å². The third-order valence-corrected chi connectivity index (χ3v) is 2.22. The molecule has 1 aromatic rings. The number of nitrogens with zero attached hydrogens (tertiary/aromatic N) is 1. The lowest BCUT2D eigenvalue weighted by Gasteiger charge is -1.98. The zero-order valence-corrected chi connectivity index (χ0v) is 8.45. The second-order valence-corrected chi connectivity index (χ2v) is 3.24. The molecule has 0 saturated carbocycles. The van der Waals surface area contributed by atoms with Crippen molar-refractivity contribution in [1.82, 2.24) is 4.98 Å². The van der Waals surface area contributed by atoms with Crippen molar-refractivity contribution in [1.29, 1.82) is 0 Å². The Kier molecular flexibility index (Phi) is 4.00. The Morgan fingerprint density at radius 3 is 3.14 bits per heavy atom. The van der Waals surface area contributed by atoms with E-state index in [1.807, 2.05) is 0 Å². The van der Waals surface area contributed by atoms with Crippen molar-refractivity contribution in [2.75, 3.05) is 12.8 Å². The largest absolute Gasteiger partial charge is 0.466 e. The highest BCUT2D eigenvalue weighted by molar-refractivity contribution is 8.02. The van der Waals surface area contributed by atoms with Crippen molar-refractivity contribution in [3.8, 4) is 0 Å². The Balaban J connectivity index is 2.58. The normalized spacial score (nSPS) is 10.4. The van der Waals surface area contributed by atoms with Gasteiger partial charge in [-0.05, 0) is 17.5 Å². The van der Waals surface area contributed by atoms with Crippen LogP contribution in [0.5, 0.6) is 0 Å². The number of pyridine rings is 1. The molecule has 4 nitrogen and oxygen atoms in total. The van der Waals surface area contributed by atoms with Crippen LogP contribution in [0.2, 0.25) is 0 Å². The molecule has 5 heteroatoms. The van der Waals surface area contributed by atoms with E-state index in [1.165, 1.54) is 24.9 Å². The van der Waals surface area contributed by atoms with Crippen molar-refractivity contribution in [3.05, 3.63) is 29.8 Å².